The Morgan fingerprint density at radius 3 is 2.48 bits per heavy atom. The van der Waals surface area contributed by atoms with E-state index < -0.39 is 23.6 Å². The Kier molecular flexibility index (Phi) is 7.11. The highest BCUT2D eigenvalue weighted by atomic mass is 19.4. The lowest BCUT2D eigenvalue weighted by atomic mass is 10.1. The smallest absolute Gasteiger partial charge is 0.422 e. The molecule has 0 bridgehead atoms. The number of nitrogens with zero attached hydrogens (tertiary/aromatic N) is 2. The molecule has 1 unspecified atom stereocenters. The summed E-state index contributed by atoms with van der Waals surface area (Å²) in [5, 5.41) is 17.1. The largest absolute Gasteiger partial charge is 0.484 e. The summed E-state index contributed by atoms with van der Waals surface area (Å²) in [5.41, 5.74) is 0.946. The van der Waals surface area contributed by atoms with Crippen LogP contribution < -0.4 is 15.4 Å². The Balaban J connectivity index is 1.70. The molecule has 1 amide bonds. The van der Waals surface area contributed by atoms with Crippen molar-refractivity contribution in [2.45, 2.75) is 19.1 Å². The molecule has 11 heteroatoms. The molecule has 0 aliphatic heterocycles. The Hall–Kier alpha value is -4.15. The number of halogens is 3. The number of aromatic nitrogens is 1. The first-order valence-corrected chi connectivity index (χ1v) is 9.69. The third-order valence-electron chi connectivity index (χ3n) is 4.47. The predicted octanol–water partition coefficient (Wildman–Crippen LogP) is 5.36. The van der Waals surface area contributed by atoms with Gasteiger partial charge in [0.25, 0.3) is 11.6 Å². The summed E-state index contributed by atoms with van der Waals surface area (Å²) in [5.74, 6) is -0.634. The number of hydrogen-bond acceptors (Lipinski definition) is 6. The molecule has 33 heavy (non-hydrogen) atoms. The number of rotatable bonds is 8. The van der Waals surface area contributed by atoms with Gasteiger partial charge in [0.05, 0.1) is 16.7 Å². The number of carbonyl (C=O) groups is 1. The van der Waals surface area contributed by atoms with Crippen LogP contribution in [0.3, 0.4) is 0 Å². The van der Waals surface area contributed by atoms with Gasteiger partial charge in [0.15, 0.2) is 6.61 Å². The number of amides is 1. The van der Waals surface area contributed by atoms with E-state index >= 15 is 0 Å². The predicted molar refractivity (Wildman–Crippen MR) is 115 cm³/mol. The number of alkyl halides is 3. The van der Waals surface area contributed by atoms with Crippen molar-refractivity contribution in [2.75, 3.05) is 17.2 Å². The molecule has 3 rings (SSSR count). The van der Waals surface area contributed by atoms with Gasteiger partial charge in [-0.05, 0) is 55.5 Å². The summed E-state index contributed by atoms with van der Waals surface area (Å²) in [6.07, 6.45) is -2.84. The summed E-state index contributed by atoms with van der Waals surface area (Å²) in [6.45, 7) is 0.372. The molecule has 0 aliphatic rings. The molecule has 0 fully saturated rings. The van der Waals surface area contributed by atoms with Crippen LogP contribution in [0.25, 0.3) is 0 Å². The van der Waals surface area contributed by atoms with E-state index in [1.165, 1.54) is 36.4 Å². The number of nitrogens with one attached hydrogen (secondary N) is 2. The lowest BCUT2D eigenvalue weighted by Crippen LogP contribution is -2.19. The second-order valence-corrected chi connectivity index (χ2v) is 6.99. The minimum Gasteiger partial charge on any atom is -0.484 e. The van der Waals surface area contributed by atoms with E-state index in [2.05, 4.69) is 20.4 Å². The van der Waals surface area contributed by atoms with Crippen LogP contribution in [0.1, 0.15) is 29.0 Å². The standard InChI is InChI=1S/C22H19F3N4O4/c1-14(18-4-2-3-11-26-18)27-19-10-5-15(12-20(19)29(31)32)21(30)28-16-6-8-17(9-7-16)33-13-22(23,24)25/h2-12,14,27H,13H2,1H3,(H,28,30). The van der Waals surface area contributed by atoms with Gasteiger partial charge in [-0.15, -0.1) is 0 Å². The lowest BCUT2D eigenvalue weighted by Gasteiger charge is -2.15. The van der Waals surface area contributed by atoms with Crippen molar-refractivity contribution in [1.82, 2.24) is 4.98 Å². The van der Waals surface area contributed by atoms with Crippen LogP contribution in [0.15, 0.2) is 66.9 Å². The van der Waals surface area contributed by atoms with E-state index in [0.29, 0.717) is 5.69 Å². The van der Waals surface area contributed by atoms with Crippen LogP contribution in [-0.2, 0) is 0 Å². The van der Waals surface area contributed by atoms with Gasteiger partial charge in [0.1, 0.15) is 11.4 Å². The molecule has 0 saturated heterocycles. The molecule has 1 aromatic heterocycles. The lowest BCUT2D eigenvalue weighted by molar-refractivity contribution is -0.384. The fourth-order valence-corrected chi connectivity index (χ4v) is 2.89. The minimum atomic E-state index is -4.46. The number of nitro benzene ring substituents is 1. The zero-order valence-electron chi connectivity index (χ0n) is 17.3. The fourth-order valence-electron chi connectivity index (χ4n) is 2.89. The van der Waals surface area contributed by atoms with Gasteiger partial charge in [-0.25, -0.2) is 0 Å². The SMILES string of the molecule is CC(Nc1ccc(C(=O)Nc2ccc(OCC(F)(F)F)cc2)cc1[N+](=O)[O-])c1ccccn1. The molecule has 0 spiro atoms. The van der Waals surface area contributed by atoms with E-state index in [1.54, 1.807) is 31.3 Å². The highest BCUT2D eigenvalue weighted by Crippen LogP contribution is 2.29. The zero-order valence-corrected chi connectivity index (χ0v) is 17.3. The quantitative estimate of drug-likeness (QED) is 0.346. The monoisotopic (exact) mass is 460 g/mol. The molecule has 0 aliphatic carbocycles. The summed E-state index contributed by atoms with van der Waals surface area (Å²) >= 11 is 0. The normalized spacial score (nSPS) is 12.0. The minimum absolute atomic E-state index is 0.0154. The van der Waals surface area contributed by atoms with Crippen LogP contribution in [-0.4, -0.2) is 28.6 Å². The van der Waals surface area contributed by atoms with Crippen LogP contribution in [0, 0.1) is 10.1 Å². The molecule has 0 radical (unpaired) electrons. The molecule has 2 N–H and O–H groups in total. The average Bonchev–Trinajstić information content (AvgIpc) is 2.78. The number of benzene rings is 2. The first-order valence-electron chi connectivity index (χ1n) is 9.69. The van der Waals surface area contributed by atoms with Gasteiger partial charge in [0.2, 0.25) is 0 Å². The van der Waals surface area contributed by atoms with Crippen LogP contribution in [0.2, 0.25) is 0 Å². The summed E-state index contributed by atoms with van der Waals surface area (Å²) in [6, 6.07) is 14.3. The van der Waals surface area contributed by atoms with Crippen molar-refractivity contribution >= 4 is 23.0 Å². The van der Waals surface area contributed by atoms with Crippen molar-refractivity contribution < 1.29 is 27.6 Å². The van der Waals surface area contributed by atoms with Crippen molar-refractivity contribution in [3.8, 4) is 5.75 Å². The number of anilines is 2. The third-order valence-corrected chi connectivity index (χ3v) is 4.47. The molecular weight excluding hydrogens is 441 g/mol. The number of ether oxygens (including phenoxy) is 1. The second kappa shape index (κ2) is 9.98. The molecule has 0 saturated carbocycles. The topological polar surface area (TPSA) is 106 Å². The molecule has 2 aromatic carbocycles. The highest BCUT2D eigenvalue weighted by Gasteiger charge is 2.28. The van der Waals surface area contributed by atoms with Crippen LogP contribution >= 0.6 is 0 Å². The van der Waals surface area contributed by atoms with Gasteiger partial charge in [-0.3, -0.25) is 19.9 Å². The van der Waals surface area contributed by atoms with E-state index in [-0.39, 0.29) is 34.4 Å². The first kappa shape index (κ1) is 23.5. The van der Waals surface area contributed by atoms with Crippen molar-refractivity contribution in [1.29, 1.82) is 0 Å². The third kappa shape index (κ3) is 6.66. The van der Waals surface area contributed by atoms with Gasteiger partial charge in [-0.2, -0.15) is 13.2 Å². The average molecular weight is 460 g/mol. The molecule has 1 heterocycles. The Morgan fingerprint density at radius 2 is 1.88 bits per heavy atom. The van der Waals surface area contributed by atoms with Gasteiger partial charge >= 0.3 is 6.18 Å². The summed E-state index contributed by atoms with van der Waals surface area (Å²) < 4.78 is 41.3. The zero-order chi connectivity index (χ0) is 24.0. The van der Waals surface area contributed by atoms with Crippen molar-refractivity contribution in [3.05, 3.63) is 88.2 Å². The Morgan fingerprint density at radius 1 is 1.15 bits per heavy atom. The summed E-state index contributed by atoms with van der Waals surface area (Å²) in [7, 11) is 0. The summed E-state index contributed by atoms with van der Waals surface area (Å²) in [4.78, 5) is 27.7. The Bertz CT molecular complexity index is 1120. The maximum absolute atomic E-state index is 12.5. The van der Waals surface area contributed by atoms with E-state index in [0.717, 1.165) is 6.07 Å². The van der Waals surface area contributed by atoms with E-state index in [1.807, 2.05) is 0 Å². The van der Waals surface area contributed by atoms with Crippen LogP contribution in [0.5, 0.6) is 5.75 Å². The fraction of sp³-hybridized carbons (Fsp3) is 0.182. The second-order valence-electron chi connectivity index (χ2n) is 6.99. The van der Waals surface area contributed by atoms with Crippen LogP contribution in [0.4, 0.5) is 30.2 Å². The molecule has 1 atom stereocenters. The number of nitro groups is 1. The first-order chi connectivity index (χ1) is 15.6. The van der Waals surface area contributed by atoms with Crippen molar-refractivity contribution in [3.63, 3.8) is 0 Å². The highest BCUT2D eigenvalue weighted by molar-refractivity contribution is 6.05. The molecule has 3 aromatic rings. The maximum Gasteiger partial charge on any atom is 0.422 e. The van der Waals surface area contributed by atoms with Crippen molar-refractivity contribution in [2.24, 2.45) is 0 Å². The Labute approximate surface area is 186 Å². The molecule has 172 valence electrons. The van der Waals surface area contributed by atoms with Gasteiger partial charge in [-0.1, -0.05) is 6.07 Å². The molecular formula is C22H19F3N4O4. The van der Waals surface area contributed by atoms with Gasteiger partial charge < -0.3 is 15.4 Å². The van der Waals surface area contributed by atoms with E-state index in [9.17, 15) is 28.1 Å². The number of carbonyl (C=O) groups excluding carboxylic acids is 1. The number of pyridine rings is 1. The maximum atomic E-state index is 12.5. The van der Waals surface area contributed by atoms with Gasteiger partial charge in [0, 0.05) is 23.5 Å². The molecule has 8 nitrogen and oxygen atoms in total. The van der Waals surface area contributed by atoms with E-state index in [4.69, 9.17) is 0 Å². The number of hydrogen-bond donors (Lipinski definition) is 2.